The number of rotatable bonds is 7. The maximum atomic E-state index is 12.1. The molecule has 2 rings (SSSR count). The number of hydrogen-bond acceptors (Lipinski definition) is 3. The van der Waals surface area contributed by atoms with Crippen LogP contribution >= 0.6 is 0 Å². The number of nitrogens with zero attached hydrogens (tertiary/aromatic N) is 1. The molecule has 1 N–H and O–H groups in total. The van der Waals surface area contributed by atoms with E-state index in [9.17, 15) is 4.79 Å². The molecule has 1 aromatic carbocycles. The average molecular weight is 304 g/mol. The van der Waals surface area contributed by atoms with Crippen LogP contribution in [0.4, 0.5) is 0 Å². The monoisotopic (exact) mass is 304 g/mol. The molecule has 0 bridgehead atoms. The number of amides is 1. The van der Waals surface area contributed by atoms with Crippen molar-refractivity contribution in [1.29, 1.82) is 0 Å². The predicted octanol–water partition coefficient (Wildman–Crippen LogP) is 2.69. The van der Waals surface area contributed by atoms with Gasteiger partial charge in [0.15, 0.2) is 0 Å². The van der Waals surface area contributed by atoms with E-state index in [0.717, 1.165) is 18.7 Å². The lowest BCUT2D eigenvalue weighted by Crippen LogP contribution is -2.45. The third kappa shape index (κ3) is 5.68. The number of ether oxygens (including phenoxy) is 1. The molecule has 1 amide bonds. The third-order valence-electron chi connectivity index (χ3n) is 4.36. The molecule has 0 heterocycles. The fourth-order valence-corrected chi connectivity index (χ4v) is 2.94. The summed E-state index contributed by atoms with van der Waals surface area (Å²) in [7, 11) is 1.96. The highest BCUT2D eigenvalue weighted by Crippen LogP contribution is 2.23. The second-order valence-corrected chi connectivity index (χ2v) is 6.34. The van der Waals surface area contributed by atoms with E-state index in [0.29, 0.717) is 25.1 Å². The zero-order chi connectivity index (χ0) is 15.8. The van der Waals surface area contributed by atoms with Gasteiger partial charge < -0.3 is 10.1 Å². The topological polar surface area (TPSA) is 41.6 Å². The summed E-state index contributed by atoms with van der Waals surface area (Å²) in [5.74, 6) is 1.60. The highest BCUT2D eigenvalue weighted by molar-refractivity contribution is 5.78. The summed E-state index contributed by atoms with van der Waals surface area (Å²) in [5.41, 5.74) is 0. The van der Waals surface area contributed by atoms with Gasteiger partial charge in [0.1, 0.15) is 12.4 Å². The molecule has 1 aromatic rings. The molecule has 1 aliphatic carbocycles. The van der Waals surface area contributed by atoms with Gasteiger partial charge in [-0.05, 0) is 37.9 Å². The van der Waals surface area contributed by atoms with E-state index in [1.165, 1.54) is 19.3 Å². The van der Waals surface area contributed by atoms with E-state index in [4.69, 9.17) is 4.74 Å². The van der Waals surface area contributed by atoms with E-state index in [1.807, 2.05) is 42.3 Å². The number of hydrogen-bond donors (Lipinski definition) is 1. The fraction of sp³-hybridized carbons (Fsp3) is 0.611. The molecule has 1 fully saturated rings. The van der Waals surface area contributed by atoms with E-state index >= 15 is 0 Å². The van der Waals surface area contributed by atoms with Crippen LogP contribution in [0.2, 0.25) is 0 Å². The maximum absolute atomic E-state index is 12.1. The summed E-state index contributed by atoms with van der Waals surface area (Å²) in [4.78, 5) is 14.1. The second-order valence-electron chi connectivity index (χ2n) is 6.34. The Hall–Kier alpha value is -1.55. The van der Waals surface area contributed by atoms with Gasteiger partial charge >= 0.3 is 0 Å². The Balaban J connectivity index is 1.63. The zero-order valence-corrected chi connectivity index (χ0v) is 13.8. The molecular formula is C18H28N2O2. The lowest BCUT2D eigenvalue weighted by molar-refractivity contribution is -0.123. The van der Waals surface area contributed by atoms with Crippen molar-refractivity contribution < 1.29 is 9.53 Å². The maximum Gasteiger partial charge on any atom is 0.234 e. The van der Waals surface area contributed by atoms with Crippen LogP contribution < -0.4 is 10.1 Å². The third-order valence-corrected chi connectivity index (χ3v) is 4.36. The van der Waals surface area contributed by atoms with Crippen LogP contribution in [0.25, 0.3) is 0 Å². The lowest BCUT2D eigenvalue weighted by Gasteiger charge is -2.30. The van der Waals surface area contributed by atoms with Crippen molar-refractivity contribution in [3.63, 3.8) is 0 Å². The standard InChI is InChI=1S/C18H28N2O2/c1-15-8-6-7-11-17(15)19-18(21)14-20(2)12-13-22-16-9-4-3-5-10-16/h3-5,9-10,15,17H,6-8,11-14H2,1-2H3,(H,19,21). The number of carbonyl (C=O) groups is 1. The van der Waals surface area contributed by atoms with Crippen molar-refractivity contribution >= 4 is 5.91 Å². The van der Waals surface area contributed by atoms with Crippen molar-refractivity contribution in [1.82, 2.24) is 10.2 Å². The van der Waals surface area contributed by atoms with E-state index in [1.54, 1.807) is 0 Å². The van der Waals surface area contributed by atoms with Crippen molar-refractivity contribution in [2.75, 3.05) is 26.7 Å². The number of para-hydroxylation sites is 1. The molecule has 22 heavy (non-hydrogen) atoms. The smallest absolute Gasteiger partial charge is 0.234 e. The first-order valence-corrected chi connectivity index (χ1v) is 8.31. The molecule has 0 aromatic heterocycles. The molecule has 1 aliphatic rings. The summed E-state index contributed by atoms with van der Waals surface area (Å²) < 4.78 is 5.65. The number of nitrogens with one attached hydrogen (secondary N) is 1. The summed E-state index contributed by atoms with van der Waals surface area (Å²) >= 11 is 0. The Morgan fingerprint density at radius 2 is 2.00 bits per heavy atom. The first-order valence-electron chi connectivity index (χ1n) is 8.31. The molecule has 0 saturated heterocycles. The molecule has 0 radical (unpaired) electrons. The highest BCUT2D eigenvalue weighted by atomic mass is 16.5. The van der Waals surface area contributed by atoms with Gasteiger partial charge in [-0.15, -0.1) is 0 Å². The average Bonchev–Trinajstić information content (AvgIpc) is 2.50. The van der Waals surface area contributed by atoms with Crippen LogP contribution in [0.3, 0.4) is 0 Å². The van der Waals surface area contributed by atoms with Gasteiger partial charge in [-0.1, -0.05) is 38.0 Å². The Morgan fingerprint density at radius 3 is 2.73 bits per heavy atom. The van der Waals surface area contributed by atoms with E-state index in [2.05, 4.69) is 12.2 Å². The first-order chi connectivity index (χ1) is 10.6. The van der Waals surface area contributed by atoms with Crippen molar-refractivity contribution in [3.05, 3.63) is 30.3 Å². The Morgan fingerprint density at radius 1 is 1.27 bits per heavy atom. The molecule has 4 nitrogen and oxygen atoms in total. The molecule has 122 valence electrons. The van der Waals surface area contributed by atoms with Crippen LogP contribution in [0, 0.1) is 5.92 Å². The Kier molecular flexibility index (Phi) is 6.72. The van der Waals surface area contributed by atoms with Gasteiger partial charge in [0.2, 0.25) is 5.91 Å². The molecule has 4 heteroatoms. The minimum Gasteiger partial charge on any atom is -0.492 e. The minimum absolute atomic E-state index is 0.126. The molecule has 0 spiro atoms. The SMILES string of the molecule is CC1CCCCC1NC(=O)CN(C)CCOc1ccccc1. The van der Waals surface area contributed by atoms with Gasteiger partial charge in [-0.25, -0.2) is 0 Å². The van der Waals surface area contributed by atoms with Gasteiger partial charge in [-0.3, -0.25) is 9.69 Å². The molecular weight excluding hydrogens is 276 g/mol. The minimum atomic E-state index is 0.126. The second kappa shape index (κ2) is 8.79. The highest BCUT2D eigenvalue weighted by Gasteiger charge is 2.22. The molecule has 0 aliphatic heterocycles. The Labute approximate surface area is 133 Å². The molecule has 1 saturated carbocycles. The number of carbonyl (C=O) groups excluding carboxylic acids is 1. The molecule has 2 atom stereocenters. The Bertz CT molecular complexity index is 450. The number of likely N-dealkylation sites (N-methyl/N-ethyl adjacent to an activating group) is 1. The molecule has 2 unspecified atom stereocenters. The fourth-order valence-electron chi connectivity index (χ4n) is 2.94. The number of benzene rings is 1. The lowest BCUT2D eigenvalue weighted by atomic mass is 9.86. The quantitative estimate of drug-likeness (QED) is 0.842. The predicted molar refractivity (Wildman–Crippen MR) is 89.0 cm³/mol. The van der Waals surface area contributed by atoms with Crippen LogP contribution in [0.15, 0.2) is 30.3 Å². The first kappa shape index (κ1) is 16.8. The summed E-state index contributed by atoms with van der Waals surface area (Å²) in [5, 5.41) is 3.19. The zero-order valence-electron chi connectivity index (χ0n) is 13.8. The van der Waals surface area contributed by atoms with Gasteiger partial charge in [0.05, 0.1) is 6.54 Å². The van der Waals surface area contributed by atoms with Crippen LogP contribution in [0.5, 0.6) is 5.75 Å². The summed E-state index contributed by atoms with van der Waals surface area (Å²) in [6.45, 7) is 4.00. The summed E-state index contributed by atoms with van der Waals surface area (Å²) in [6.07, 6.45) is 4.87. The van der Waals surface area contributed by atoms with Gasteiger partial charge in [-0.2, -0.15) is 0 Å². The largest absolute Gasteiger partial charge is 0.492 e. The van der Waals surface area contributed by atoms with Crippen molar-refractivity contribution in [2.45, 2.75) is 38.6 Å². The van der Waals surface area contributed by atoms with Crippen molar-refractivity contribution in [2.24, 2.45) is 5.92 Å². The normalized spacial score (nSPS) is 21.6. The van der Waals surface area contributed by atoms with Gasteiger partial charge in [0.25, 0.3) is 0 Å². The van der Waals surface area contributed by atoms with E-state index < -0.39 is 0 Å². The van der Waals surface area contributed by atoms with Crippen LogP contribution in [0.1, 0.15) is 32.6 Å². The van der Waals surface area contributed by atoms with E-state index in [-0.39, 0.29) is 5.91 Å². The van der Waals surface area contributed by atoms with Crippen LogP contribution in [-0.4, -0.2) is 43.6 Å². The van der Waals surface area contributed by atoms with Crippen LogP contribution in [-0.2, 0) is 4.79 Å². The van der Waals surface area contributed by atoms with Crippen molar-refractivity contribution in [3.8, 4) is 5.75 Å². The summed E-state index contributed by atoms with van der Waals surface area (Å²) in [6, 6.07) is 10.1. The van der Waals surface area contributed by atoms with Gasteiger partial charge in [0, 0.05) is 12.6 Å².